The molecule has 27 heavy (non-hydrogen) atoms. The van der Waals surface area contributed by atoms with E-state index in [1.807, 2.05) is 0 Å². The Labute approximate surface area is 160 Å². The Hall–Kier alpha value is -2.25. The molecule has 7 heteroatoms. The monoisotopic (exact) mass is 388 g/mol. The number of hydrogen-bond donors (Lipinski definition) is 0. The molecule has 2 aromatic rings. The van der Waals surface area contributed by atoms with Crippen LogP contribution in [-0.4, -0.2) is 36.8 Å². The lowest BCUT2D eigenvalue weighted by Crippen LogP contribution is -2.42. The van der Waals surface area contributed by atoms with Gasteiger partial charge < -0.3 is 4.74 Å². The first-order valence-electron chi connectivity index (χ1n) is 9.02. The molecule has 1 aliphatic rings. The Morgan fingerprint density at radius 1 is 1.19 bits per heavy atom. The number of aromatic nitrogens is 1. The highest BCUT2D eigenvalue weighted by atomic mass is 32.2. The second-order valence-electron chi connectivity index (χ2n) is 7.23. The zero-order chi connectivity index (χ0) is 19.4. The minimum Gasteiger partial charge on any atom is -0.457 e. The van der Waals surface area contributed by atoms with Crippen LogP contribution in [0.4, 0.5) is 0 Å². The highest BCUT2D eigenvalue weighted by molar-refractivity contribution is 7.89. The first kappa shape index (κ1) is 19.5. The molecule has 3 rings (SSSR count). The fourth-order valence-corrected chi connectivity index (χ4v) is 5.18. The molecule has 0 unspecified atom stereocenters. The average Bonchev–Trinajstić information content (AvgIpc) is 2.66. The Morgan fingerprint density at radius 2 is 1.93 bits per heavy atom. The molecule has 0 N–H and O–H groups in total. The van der Waals surface area contributed by atoms with Crippen LogP contribution in [0.25, 0.3) is 0 Å². The van der Waals surface area contributed by atoms with Crippen molar-refractivity contribution in [3.8, 4) is 0 Å². The van der Waals surface area contributed by atoms with Gasteiger partial charge in [0.05, 0.1) is 10.5 Å². The summed E-state index contributed by atoms with van der Waals surface area (Å²) >= 11 is 0. The molecule has 2 heterocycles. The first-order chi connectivity index (χ1) is 12.9. The number of sulfonamides is 1. The SMILES string of the molecule is C[C@@H]1C[C@@H](C)CN(S(=O)(=O)c2cccc(C(=O)OCc3cccnc3)c2)C1. The zero-order valence-corrected chi connectivity index (χ0v) is 16.4. The predicted molar refractivity (Wildman–Crippen MR) is 102 cm³/mol. The molecular formula is C20H24N2O4S. The fraction of sp³-hybridized carbons (Fsp3) is 0.400. The number of hydrogen-bond acceptors (Lipinski definition) is 5. The Bertz CT molecular complexity index is 889. The van der Waals surface area contributed by atoms with Gasteiger partial charge in [-0.25, -0.2) is 13.2 Å². The number of carbonyl (C=O) groups excluding carboxylic acids is 1. The molecule has 0 aliphatic carbocycles. The molecule has 1 aliphatic heterocycles. The third kappa shape index (κ3) is 4.73. The summed E-state index contributed by atoms with van der Waals surface area (Å²) in [6.45, 7) is 5.21. The molecule has 2 atom stereocenters. The quantitative estimate of drug-likeness (QED) is 0.736. The maximum Gasteiger partial charge on any atom is 0.338 e. The van der Waals surface area contributed by atoms with Crippen molar-refractivity contribution in [3.63, 3.8) is 0 Å². The van der Waals surface area contributed by atoms with Crippen LogP contribution in [0.5, 0.6) is 0 Å². The number of nitrogens with zero attached hydrogens (tertiary/aromatic N) is 2. The van der Waals surface area contributed by atoms with E-state index in [-0.39, 0.29) is 17.1 Å². The van der Waals surface area contributed by atoms with Crippen molar-refractivity contribution in [3.05, 3.63) is 59.9 Å². The number of piperidine rings is 1. The minimum absolute atomic E-state index is 0.0881. The molecular weight excluding hydrogens is 364 g/mol. The molecule has 1 fully saturated rings. The number of pyridine rings is 1. The van der Waals surface area contributed by atoms with Crippen LogP contribution in [-0.2, 0) is 21.4 Å². The topological polar surface area (TPSA) is 76.6 Å². The summed E-state index contributed by atoms with van der Waals surface area (Å²) < 4.78 is 32.8. The zero-order valence-electron chi connectivity index (χ0n) is 15.5. The number of esters is 1. The highest BCUT2D eigenvalue weighted by Crippen LogP contribution is 2.27. The number of rotatable bonds is 5. The molecule has 0 saturated carbocycles. The van der Waals surface area contributed by atoms with Gasteiger partial charge in [-0.15, -0.1) is 0 Å². The van der Waals surface area contributed by atoms with E-state index in [1.165, 1.54) is 16.4 Å². The van der Waals surface area contributed by atoms with Gasteiger partial charge in [0.2, 0.25) is 10.0 Å². The fourth-order valence-electron chi connectivity index (χ4n) is 3.45. The van der Waals surface area contributed by atoms with Gasteiger partial charge in [0.15, 0.2) is 0 Å². The van der Waals surface area contributed by atoms with Crippen LogP contribution in [0.3, 0.4) is 0 Å². The summed E-state index contributed by atoms with van der Waals surface area (Å²) in [7, 11) is -3.64. The van der Waals surface area contributed by atoms with E-state index in [9.17, 15) is 13.2 Å². The summed E-state index contributed by atoms with van der Waals surface area (Å²) in [5, 5.41) is 0. The smallest absolute Gasteiger partial charge is 0.338 e. The van der Waals surface area contributed by atoms with Crippen LogP contribution in [0.2, 0.25) is 0 Å². The average molecular weight is 388 g/mol. The van der Waals surface area contributed by atoms with Gasteiger partial charge in [-0.1, -0.05) is 26.0 Å². The Morgan fingerprint density at radius 3 is 2.59 bits per heavy atom. The lowest BCUT2D eigenvalue weighted by molar-refractivity contribution is 0.0472. The highest BCUT2D eigenvalue weighted by Gasteiger charge is 2.32. The van der Waals surface area contributed by atoms with Crippen molar-refractivity contribution in [2.75, 3.05) is 13.1 Å². The maximum absolute atomic E-state index is 13.0. The summed E-state index contributed by atoms with van der Waals surface area (Å²) in [6.07, 6.45) is 4.28. The molecule has 0 amide bonds. The van der Waals surface area contributed by atoms with Crippen LogP contribution >= 0.6 is 0 Å². The Balaban J connectivity index is 1.75. The maximum atomic E-state index is 13.0. The van der Waals surface area contributed by atoms with Crippen LogP contribution in [0, 0.1) is 11.8 Å². The number of ether oxygens (including phenoxy) is 1. The van der Waals surface area contributed by atoms with E-state index in [0.29, 0.717) is 24.9 Å². The largest absolute Gasteiger partial charge is 0.457 e. The van der Waals surface area contributed by atoms with Gasteiger partial charge in [0.1, 0.15) is 6.61 Å². The molecule has 1 aromatic heterocycles. The van der Waals surface area contributed by atoms with E-state index in [4.69, 9.17) is 4.74 Å². The third-order valence-corrected chi connectivity index (χ3v) is 6.46. The molecule has 6 nitrogen and oxygen atoms in total. The Kier molecular flexibility index (Phi) is 5.92. The minimum atomic E-state index is -3.64. The van der Waals surface area contributed by atoms with Gasteiger partial charge in [-0.3, -0.25) is 4.98 Å². The molecule has 1 saturated heterocycles. The molecule has 0 radical (unpaired) electrons. The second-order valence-corrected chi connectivity index (χ2v) is 9.17. The molecule has 0 spiro atoms. The summed E-state index contributed by atoms with van der Waals surface area (Å²) in [5.41, 5.74) is 0.990. The van der Waals surface area contributed by atoms with Crippen molar-refractivity contribution in [2.45, 2.75) is 31.8 Å². The molecule has 1 aromatic carbocycles. The lowest BCUT2D eigenvalue weighted by Gasteiger charge is -2.34. The first-order valence-corrected chi connectivity index (χ1v) is 10.5. The van der Waals surface area contributed by atoms with E-state index < -0.39 is 16.0 Å². The van der Waals surface area contributed by atoms with Crippen molar-refractivity contribution >= 4 is 16.0 Å². The van der Waals surface area contributed by atoms with Crippen molar-refractivity contribution in [1.29, 1.82) is 0 Å². The standard InChI is InChI=1S/C20H24N2O4S/c1-15-9-16(2)13-22(12-15)27(24,25)19-7-3-6-18(10-19)20(23)26-14-17-5-4-8-21-11-17/h3-8,10-11,15-16H,9,12-14H2,1-2H3/t15-,16-/m1/s1. The summed E-state index contributed by atoms with van der Waals surface area (Å²) in [5.74, 6) is 0.0728. The predicted octanol–water partition coefficient (Wildman–Crippen LogP) is 3.11. The third-order valence-electron chi connectivity index (χ3n) is 4.64. The van der Waals surface area contributed by atoms with Crippen LogP contribution in [0.15, 0.2) is 53.7 Å². The van der Waals surface area contributed by atoms with Crippen molar-refractivity contribution in [1.82, 2.24) is 9.29 Å². The van der Waals surface area contributed by atoms with Gasteiger partial charge in [-0.05, 0) is 42.5 Å². The normalized spacial score (nSPS) is 21.0. The van der Waals surface area contributed by atoms with Gasteiger partial charge >= 0.3 is 5.97 Å². The van der Waals surface area contributed by atoms with Crippen molar-refractivity contribution < 1.29 is 17.9 Å². The van der Waals surface area contributed by atoms with E-state index in [1.54, 1.807) is 36.7 Å². The summed E-state index contributed by atoms with van der Waals surface area (Å²) in [6, 6.07) is 9.62. The second kappa shape index (κ2) is 8.19. The summed E-state index contributed by atoms with van der Waals surface area (Å²) in [4.78, 5) is 16.4. The van der Waals surface area contributed by atoms with E-state index >= 15 is 0 Å². The number of carbonyl (C=O) groups is 1. The van der Waals surface area contributed by atoms with Crippen LogP contribution in [0.1, 0.15) is 36.2 Å². The van der Waals surface area contributed by atoms with Gasteiger partial charge in [0.25, 0.3) is 0 Å². The van der Waals surface area contributed by atoms with E-state index in [0.717, 1.165) is 12.0 Å². The van der Waals surface area contributed by atoms with Gasteiger partial charge in [0, 0.05) is 31.0 Å². The van der Waals surface area contributed by atoms with E-state index in [2.05, 4.69) is 18.8 Å². The number of benzene rings is 1. The molecule has 0 bridgehead atoms. The van der Waals surface area contributed by atoms with Crippen molar-refractivity contribution in [2.24, 2.45) is 11.8 Å². The van der Waals surface area contributed by atoms with Gasteiger partial charge in [-0.2, -0.15) is 4.31 Å². The lowest BCUT2D eigenvalue weighted by atomic mass is 9.94. The van der Waals surface area contributed by atoms with Crippen LogP contribution < -0.4 is 0 Å². The molecule has 144 valence electrons.